The van der Waals surface area contributed by atoms with E-state index in [2.05, 4.69) is 0 Å². The third-order valence-electron chi connectivity index (χ3n) is 3.17. The fourth-order valence-corrected chi connectivity index (χ4v) is 2.14. The van der Waals surface area contributed by atoms with Crippen molar-refractivity contribution in [2.24, 2.45) is 11.8 Å². The van der Waals surface area contributed by atoms with Crippen LogP contribution in [0.15, 0.2) is 0 Å². The van der Waals surface area contributed by atoms with Crippen molar-refractivity contribution in [2.75, 3.05) is 13.2 Å². The van der Waals surface area contributed by atoms with Gasteiger partial charge in [0.05, 0.1) is 18.4 Å². The SMILES string of the molecule is O=C(O)[C@H]1CCCC[C@H]1C(=O)NCC(F)(F)CO. The van der Waals surface area contributed by atoms with E-state index in [4.69, 9.17) is 10.2 Å². The van der Waals surface area contributed by atoms with Crippen molar-refractivity contribution < 1.29 is 28.6 Å². The third kappa shape index (κ3) is 3.90. The molecule has 2 atom stereocenters. The zero-order valence-electron chi connectivity index (χ0n) is 9.86. The topological polar surface area (TPSA) is 86.6 Å². The predicted octanol–water partition coefficient (Wildman–Crippen LogP) is 0.621. The van der Waals surface area contributed by atoms with Gasteiger partial charge in [-0.1, -0.05) is 12.8 Å². The van der Waals surface area contributed by atoms with Gasteiger partial charge < -0.3 is 15.5 Å². The molecule has 1 fully saturated rings. The molecular weight excluding hydrogens is 248 g/mol. The van der Waals surface area contributed by atoms with Crippen molar-refractivity contribution in [3.05, 3.63) is 0 Å². The van der Waals surface area contributed by atoms with Crippen molar-refractivity contribution in [1.82, 2.24) is 5.32 Å². The van der Waals surface area contributed by atoms with E-state index in [0.29, 0.717) is 12.8 Å². The lowest BCUT2D eigenvalue weighted by Gasteiger charge is -2.28. The molecule has 0 heterocycles. The predicted molar refractivity (Wildman–Crippen MR) is 58.1 cm³/mol. The molecule has 0 aromatic rings. The van der Waals surface area contributed by atoms with E-state index in [-0.39, 0.29) is 0 Å². The number of carboxylic acid groups (broad SMARTS) is 1. The van der Waals surface area contributed by atoms with Crippen molar-refractivity contribution in [2.45, 2.75) is 31.6 Å². The first-order chi connectivity index (χ1) is 8.37. The van der Waals surface area contributed by atoms with Gasteiger partial charge in [-0.15, -0.1) is 0 Å². The van der Waals surface area contributed by atoms with Gasteiger partial charge in [-0.05, 0) is 12.8 Å². The van der Waals surface area contributed by atoms with E-state index in [1.165, 1.54) is 0 Å². The Kier molecular flexibility index (Phi) is 5.01. The number of amides is 1. The van der Waals surface area contributed by atoms with Crippen LogP contribution in [0.5, 0.6) is 0 Å². The molecule has 1 rings (SSSR count). The number of aliphatic hydroxyl groups excluding tert-OH is 1. The van der Waals surface area contributed by atoms with E-state index in [1.54, 1.807) is 0 Å². The van der Waals surface area contributed by atoms with Crippen LogP contribution >= 0.6 is 0 Å². The summed E-state index contributed by atoms with van der Waals surface area (Å²) in [6.07, 6.45) is 2.24. The lowest BCUT2D eigenvalue weighted by atomic mass is 9.78. The standard InChI is InChI=1S/C11H17F2NO4/c12-11(13,6-15)5-14-9(16)7-3-1-2-4-8(7)10(17)18/h7-8,15H,1-6H2,(H,14,16)(H,17,18)/t7-,8+/m1/s1. The number of carbonyl (C=O) groups is 2. The van der Waals surface area contributed by atoms with Gasteiger partial charge in [0.15, 0.2) is 0 Å². The van der Waals surface area contributed by atoms with Gasteiger partial charge >= 0.3 is 5.97 Å². The number of rotatable bonds is 5. The highest BCUT2D eigenvalue weighted by Gasteiger charge is 2.37. The highest BCUT2D eigenvalue weighted by Crippen LogP contribution is 2.30. The van der Waals surface area contributed by atoms with Crippen LogP contribution in [0, 0.1) is 11.8 Å². The minimum atomic E-state index is -3.37. The second-order valence-electron chi connectivity index (χ2n) is 4.57. The van der Waals surface area contributed by atoms with Crippen molar-refractivity contribution in [3.8, 4) is 0 Å². The Morgan fingerprint density at radius 2 is 1.78 bits per heavy atom. The summed E-state index contributed by atoms with van der Waals surface area (Å²) in [5.74, 6) is -6.67. The molecule has 5 nitrogen and oxygen atoms in total. The van der Waals surface area contributed by atoms with Gasteiger partial charge in [0.2, 0.25) is 5.91 Å². The molecule has 1 aliphatic rings. The van der Waals surface area contributed by atoms with Gasteiger partial charge in [-0.3, -0.25) is 9.59 Å². The second kappa shape index (κ2) is 6.08. The van der Waals surface area contributed by atoms with Crippen LogP contribution in [0.2, 0.25) is 0 Å². The summed E-state index contributed by atoms with van der Waals surface area (Å²) in [5, 5.41) is 19.3. The van der Waals surface area contributed by atoms with Crippen LogP contribution in [0.3, 0.4) is 0 Å². The largest absolute Gasteiger partial charge is 0.481 e. The quantitative estimate of drug-likeness (QED) is 0.680. The minimum absolute atomic E-state index is 0.393. The summed E-state index contributed by atoms with van der Waals surface area (Å²) in [6.45, 7) is -2.31. The second-order valence-corrected chi connectivity index (χ2v) is 4.57. The molecule has 0 aromatic carbocycles. The smallest absolute Gasteiger partial charge is 0.307 e. The van der Waals surface area contributed by atoms with Crippen LogP contribution < -0.4 is 5.32 Å². The Balaban J connectivity index is 2.56. The van der Waals surface area contributed by atoms with Crippen molar-refractivity contribution >= 4 is 11.9 Å². The number of halogens is 2. The van der Waals surface area contributed by atoms with Crippen molar-refractivity contribution in [1.29, 1.82) is 0 Å². The van der Waals surface area contributed by atoms with Crippen molar-refractivity contribution in [3.63, 3.8) is 0 Å². The summed E-state index contributed by atoms with van der Waals surface area (Å²) in [5.41, 5.74) is 0. The molecule has 0 spiro atoms. The van der Waals surface area contributed by atoms with E-state index >= 15 is 0 Å². The molecule has 7 heteroatoms. The van der Waals surface area contributed by atoms with Gasteiger partial charge in [-0.25, -0.2) is 8.78 Å². The molecule has 1 aliphatic carbocycles. The molecule has 0 bridgehead atoms. The lowest BCUT2D eigenvalue weighted by molar-refractivity contribution is -0.149. The van der Waals surface area contributed by atoms with Gasteiger partial charge in [0.1, 0.15) is 6.61 Å². The first kappa shape index (κ1) is 14.8. The Morgan fingerprint density at radius 1 is 1.22 bits per heavy atom. The van der Waals surface area contributed by atoms with Crippen LogP contribution in [0.4, 0.5) is 8.78 Å². The fourth-order valence-electron chi connectivity index (χ4n) is 2.14. The number of hydrogen-bond donors (Lipinski definition) is 3. The number of hydrogen-bond acceptors (Lipinski definition) is 3. The maximum atomic E-state index is 12.8. The molecule has 0 aliphatic heterocycles. The summed E-state index contributed by atoms with van der Waals surface area (Å²) in [4.78, 5) is 22.6. The molecule has 0 saturated heterocycles. The Labute approximate surface area is 103 Å². The minimum Gasteiger partial charge on any atom is -0.481 e. The maximum absolute atomic E-state index is 12.8. The number of alkyl halides is 2. The van der Waals surface area contributed by atoms with E-state index in [0.717, 1.165) is 12.8 Å². The molecule has 104 valence electrons. The summed E-state index contributed by atoms with van der Waals surface area (Å²) < 4.78 is 25.5. The first-order valence-electron chi connectivity index (χ1n) is 5.86. The lowest BCUT2D eigenvalue weighted by Crippen LogP contribution is -2.45. The molecule has 0 radical (unpaired) electrons. The van der Waals surface area contributed by atoms with E-state index in [9.17, 15) is 18.4 Å². The normalized spacial score (nSPS) is 24.6. The maximum Gasteiger partial charge on any atom is 0.307 e. The average Bonchev–Trinajstić information content (AvgIpc) is 2.36. The molecule has 18 heavy (non-hydrogen) atoms. The van der Waals surface area contributed by atoms with Crippen LogP contribution in [-0.2, 0) is 9.59 Å². The highest BCUT2D eigenvalue weighted by atomic mass is 19.3. The summed E-state index contributed by atoms with van der Waals surface area (Å²) >= 11 is 0. The van der Waals surface area contributed by atoms with Gasteiger partial charge in [0.25, 0.3) is 5.92 Å². The van der Waals surface area contributed by atoms with Crippen LogP contribution in [0.1, 0.15) is 25.7 Å². The highest BCUT2D eigenvalue weighted by molar-refractivity contribution is 5.84. The number of aliphatic hydroxyl groups is 1. The monoisotopic (exact) mass is 265 g/mol. The number of carbonyl (C=O) groups excluding carboxylic acids is 1. The fraction of sp³-hybridized carbons (Fsp3) is 0.818. The number of aliphatic carboxylic acids is 1. The number of nitrogens with one attached hydrogen (secondary N) is 1. The Morgan fingerprint density at radius 3 is 2.28 bits per heavy atom. The average molecular weight is 265 g/mol. The zero-order chi connectivity index (χ0) is 13.8. The number of carboxylic acids is 1. The molecule has 1 amide bonds. The van der Waals surface area contributed by atoms with Crippen LogP contribution in [-0.4, -0.2) is 41.2 Å². The third-order valence-corrected chi connectivity index (χ3v) is 3.17. The molecule has 0 unspecified atom stereocenters. The zero-order valence-corrected chi connectivity index (χ0v) is 9.86. The molecule has 3 N–H and O–H groups in total. The Hall–Kier alpha value is -1.24. The summed E-state index contributed by atoms with van der Waals surface area (Å²) in [6, 6.07) is 0. The van der Waals surface area contributed by atoms with Gasteiger partial charge in [0, 0.05) is 0 Å². The van der Waals surface area contributed by atoms with E-state index in [1.807, 2.05) is 5.32 Å². The Bertz CT molecular complexity index is 322. The summed E-state index contributed by atoms with van der Waals surface area (Å²) in [7, 11) is 0. The van der Waals surface area contributed by atoms with Crippen LogP contribution in [0.25, 0.3) is 0 Å². The van der Waals surface area contributed by atoms with Gasteiger partial charge in [-0.2, -0.15) is 0 Å². The molecule has 0 aromatic heterocycles. The molecular formula is C11H17F2NO4. The van der Waals surface area contributed by atoms with E-state index < -0.39 is 42.8 Å². The molecule has 1 saturated carbocycles. The first-order valence-corrected chi connectivity index (χ1v) is 5.86.